The number of hydrogen-bond acceptors (Lipinski definition) is 7. The van der Waals surface area contributed by atoms with Gasteiger partial charge >= 0.3 is 0 Å². The number of benzene rings is 1. The number of rotatable bonds is 6. The van der Waals surface area contributed by atoms with Gasteiger partial charge in [-0.25, -0.2) is 10.5 Å². The van der Waals surface area contributed by atoms with Crippen molar-refractivity contribution in [2.24, 2.45) is 0 Å². The smallest absolute Gasteiger partial charge is 0.150 e. The number of pyridine rings is 2. The molecule has 0 bridgehead atoms. The fourth-order valence-electron chi connectivity index (χ4n) is 4.85. The summed E-state index contributed by atoms with van der Waals surface area (Å²) in [7, 11) is 1.43. The molecule has 4 aromatic rings. The standard InChI is InChI=1S/C27H29N5O.CH5NO/c1-20-15-31(16-21(2)32(20)18-24-4-3-10-28-13-24)26-12-25-9-11-30(27(25)29-14-26)17-22-5-7-23(19-33)8-6-22;1-2-3/h3-14,19-21H,15-18H2,1-2H3;2-3H,1H3. The third-order valence-corrected chi connectivity index (χ3v) is 6.61. The number of aldehydes is 1. The van der Waals surface area contributed by atoms with E-state index in [-0.39, 0.29) is 0 Å². The molecule has 5 rings (SSSR count). The van der Waals surface area contributed by atoms with Crippen molar-refractivity contribution in [2.75, 3.05) is 25.0 Å². The quantitative estimate of drug-likeness (QED) is 0.315. The molecule has 2 N–H and O–H groups in total. The molecule has 1 aliphatic heterocycles. The lowest BCUT2D eigenvalue weighted by molar-refractivity contribution is 0.112. The van der Waals surface area contributed by atoms with Crippen LogP contribution in [0.2, 0.25) is 0 Å². The topological polar surface area (TPSA) is 86.5 Å². The minimum Gasteiger partial charge on any atom is -0.367 e. The summed E-state index contributed by atoms with van der Waals surface area (Å²) in [6.07, 6.45) is 8.76. The lowest BCUT2D eigenvalue weighted by Gasteiger charge is -2.45. The zero-order chi connectivity index (χ0) is 25.5. The number of nitrogens with one attached hydrogen (secondary N) is 1. The first kappa shape index (κ1) is 25.5. The predicted molar refractivity (Wildman–Crippen MR) is 142 cm³/mol. The maximum atomic E-state index is 10.9. The number of hydroxylamine groups is 1. The molecule has 4 heterocycles. The van der Waals surface area contributed by atoms with E-state index in [1.165, 1.54) is 18.3 Å². The van der Waals surface area contributed by atoms with E-state index in [0.29, 0.717) is 17.6 Å². The van der Waals surface area contributed by atoms with Gasteiger partial charge in [-0.1, -0.05) is 30.3 Å². The molecule has 2 atom stereocenters. The number of piperazine rings is 1. The first-order valence-corrected chi connectivity index (χ1v) is 12.2. The van der Waals surface area contributed by atoms with Crippen molar-refractivity contribution in [3.63, 3.8) is 0 Å². The zero-order valence-corrected chi connectivity index (χ0v) is 21.1. The van der Waals surface area contributed by atoms with Crippen molar-refractivity contribution < 1.29 is 10.0 Å². The Balaban J connectivity index is 0.000000967. The molecule has 0 radical (unpaired) electrons. The maximum Gasteiger partial charge on any atom is 0.150 e. The Kier molecular flexibility index (Phi) is 8.43. The molecule has 0 amide bonds. The van der Waals surface area contributed by atoms with Gasteiger partial charge in [-0.2, -0.15) is 0 Å². The van der Waals surface area contributed by atoms with E-state index >= 15 is 0 Å². The summed E-state index contributed by atoms with van der Waals surface area (Å²) in [6.45, 7) is 8.21. The Labute approximate surface area is 212 Å². The van der Waals surface area contributed by atoms with Crippen LogP contribution in [0.4, 0.5) is 5.69 Å². The van der Waals surface area contributed by atoms with Crippen molar-refractivity contribution in [1.82, 2.24) is 24.9 Å². The summed E-state index contributed by atoms with van der Waals surface area (Å²) >= 11 is 0. The van der Waals surface area contributed by atoms with E-state index in [9.17, 15) is 4.79 Å². The highest BCUT2D eigenvalue weighted by atomic mass is 16.5. The second kappa shape index (κ2) is 11.9. The van der Waals surface area contributed by atoms with Gasteiger partial charge < -0.3 is 14.7 Å². The Morgan fingerprint density at radius 3 is 2.39 bits per heavy atom. The van der Waals surface area contributed by atoms with Gasteiger partial charge in [0, 0.05) is 74.9 Å². The lowest BCUT2D eigenvalue weighted by atomic mass is 10.1. The Morgan fingerprint density at radius 1 is 1.03 bits per heavy atom. The van der Waals surface area contributed by atoms with Gasteiger partial charge in [0.05, 0.1) is 11.9 Å². The third kappa shape index (κ3) is 5.96. The van der Waals surface area contributed by atoms with Crippen molar-refractivity contribution in [3.05, 3.63) is 90.0 Å². The normalized spacial score (nSPS) is 18.1. The van der Waals surface area contributed by atoms with Crippen LogP contribution in [0.5, 0.6) is 0 Å². The van der Waals surface area contributed by atoms with Crippen LogP contribution >= 0.6 is 0 Å². The molecular weight excluding hydrogens is 452 g/mol. The van der Waals surface area contributed by atoms with E-state index in [1.54, 1.807) is 5.48 Å². The molecule has 0 saturated carbocycles. The van der Waals surface area contributed by atoms with Gasteiger partial charge in [-0.3, -0.25) is 14.7 Å². The number of anilines is 1. The van der Waals surface area contributed by atoms with Crippen molar-refractivity contribution in [2.45, 2.75) is 39.0 Å². The molecule has 1 aliphatic rings. The summed E-state index contributed by atoms with van der Waals surface area (Å²) in [5, 5.41) is 8.47. The van der Waals surface area contributed by atoms with Gasteiger partial charge in [0.2, 0.25) is 0 Å². The highest BCUT2D eigenvalue weighted by Crippen LogP contribution is 2.26. The van der Waals surface area contributed by atoms with Gasteiger partial charge in [0.25, 0.3) is 0 Å². The van der Waals surface area contributed by atoms with Crippen LogP contribution in [0.15, 0.2) is 73.3 Å². The average molecular weight is 487 g/mol. The van der Waals surface area contributed by atoms with Crippen LogP contribution in [-0.4, -0.2) is 63.1 Å². The largest absolute Gasteiger partial charge is 0.367 e. The fourth-order valence-corrected chi connectivity index (χ4v) is 4.85. The van der Waals surface area contributed by atoms with E-state index in [0.717, 1.165) is 49.1 Å². The predicted octanol–water partition coefficient (Wildman–Crippen LogP) is 3.99. The fraction of sp³-hybridized carbons (Fsp3) is 0.321. The Bertz CT molecular complexity index is 1250. The SMILES string of the molecule is CC1CN(c2cnc3c(ccn3Cc3ccc(C=O)cc3)c2)CC(C)N1Cc1cccnc1.CNO. The zero-order valence-electron chi connectivity index (χ0n) is 21.1. The van der Waals surface area contributed by atoms with Crippen LogP contribution < -0.4 is 10.4 Å². The lowest BCUT2D eigenvalue weighted by Crippen LogP contribution is -2.56. The van der Waals surface area contributed by atoms with Crippen molar-refractivity contribution in [1.29, 1.82) is 0 Å². The molecule has 0 spiro atoms. The second-order valence-corrected chi connectivity index (χ2v) is 9.27. The molecule has 8 nitrogen and oxygen atoms in total. The number of nitrogens with zero attached hydrogens (tertiary/aromatic N) is 5. The van der Waals surface area contributed by atoms with E-state index in [2.05, 4.69) is 57.6 Å². The summed E-state index contributed by atoms with van der Waals surface area (Å²) in [5.74, 6) is 0. The Morgan fingerprint density at radius 2 is 1.75 bits per heavy atom. The van der Waals surface area contributed by atoms with E-state index in [4.69, 9.17) is 10.2 Å². The molecule has 36 heavy (non-hydrogen) atoms. The maximum absolute atomic E-state index is 10.9. The van der Waals surface area contributed by atoms with Crippen LogP contribution in [0.25, 0.3) is 11.0 Å². The summed E-state index contributed by atoms with van der Waals surface area (Å²) < 4.78 is 2.16. The van der Waals surface area contributed by atoms with E-state index in [1.807, 2.05) is 48.9 Å². The third-order valence-electron chi connectivity index (χ3n) is 6.61. The van der Waals surface area contributed by atoms with Gasteiger partial charge in [-0.15, -0.1) is 0 Å². The van der Waals surface area contributed by atoms with E-state index < -0.39 is 0 Å². The van der Waals surface area contributed by atoms with Crippen LogP contribution in [0.3, 0.4) is 0 Å². The summed E-state index contributed by atoms with van der Waals surface area (Å²) in [4.78, 5) is 25.0. The van der Waals surface area contributed by atoms with Crippen LogP contribution in [0, 0.1) is 0 Å². The first-order valence-electron chi connectivity index (χ1n) is 12.2. The molecule has 188 valence electrons. The highest BCUT2D eigenvalue weighted by molar-refractivity contribution is 5.80. The van der Waals surface area contributed by atoms with Crippen LogP contribution in [-0.2, 0) is 13.1 Å². The number of aromatic nitrogens is 3. The van der Waals surface area contributed by atoms with Crippen molar-refractivity contribution >= 4 is 23.0 Å². The van der Waals surface area contributed by atoms with Crippen LogP contribution in [0.1, 0.15) is 35.3 Å². The van der Waals surface area contributed by atoms with Gasteiger partial charge in [0.1, 0.15) is 11.9 Å². The molecule has 2 unspecified atom stereocenters. The van der Waals surface area contributed by atoms with Crippen molar-refractivity contribution in [3.8, 4) is 0 Å². The number of carbonyl (C=O) groups is 1. The first-order chi connectivity index (χ1) is 17.5. The summed E-state index contributed by atoms with van der Waals surface area (Å²) in [5.41, 5.74) is 7.01. The number of fused-ring (bicyclic) bond motifs is 1. The highest BCUT2D eigenvalue weighted by Gasteiger charge is 2.29. The summed E-state index contributed by atoms with van der Waals surface area (Å²) in [6, 6.07) is 17.1. The molecular formula is C28H34N6O2. The average Bonchev–Trinajstić information content (AvgIpc) is 3.29. The molecule has 0 aliphatic carbocycles. The molecule has 3 aromatic heterocycles. The molecule has 1 saturated heterocycles. The minimum absolute atomic E-state index is 0.434. The molecule has 1 aromatic carbocycles. The molecule has 1 fully saturated rings. The number of hydrogen-bond donors (Lipinski definition) is 2. The van der Waals surface area contributed by atoms with Gasteiger partial charge in [-0.05, 0) is 43.2 Å². The monoisotopic (exact) mass is 486 g/mol. The van der Waals surface area contributed by atoms with Gasteiger partial charge in [0.15, 0.2) is 0 Å². The second-order valence-electron chi connectivity index (χ2n) is 9.27. The Hall–Kier alpha value is -3.59. The minimum atomic E-state index is 0.434. The number of carbonyl (C=O) groups excluding carboxylic acids is 1. The molecule has 8 heteroatoms.